The van der Waals surface area contributed by atoms with E-state index in [0.29, 0.717) is 0 Å². The monoisotopic (exact) mass is 271 g/mol. The Morgan fingerprint density at radius 2 is 1.29 bits per heavy atom. The summed E-state index contributed by atoms with van der Waals surface area (Å²) in [6.45, 7) is 0. The molecule has 0 aromatic heterocycles. The molecule has 0 heterocycles. The van der Waals surface area contributed by atoms with Gasteiger partial charge in [0.25, 0.3) is 0 Å². The van der Waals surface area contributed by atoms with Crippen molar-refractivity contribution < 1.29 is 21.8 Å². The third kappa shape index (κ3) is 6.51. The number of hydrogen-bond donors (Lipinski definition) is 0. The van der Waals surface area contributed by atoms with Crippen LogP contribution in [-0.2, 0) is 8.61 Å². The van der Waals surface area contributed by atoms with E-state index in [1.54, 1.807) is 0 Å². The molecule has 0 unspecified atom stereocenters. The molecule has 0 aliphatic carbocycles. The van der Waals surface area contributed by atoms with Crippen molar-refractivity contribution >= 4 is 22.3 Å². The molecule has 14 heavy (non-hydrogen) atoms. The van der Waals surface area contributed by atoms with Crippen molar-refractivity contribution in [1.29, 1.82) is 0 Å². The number of carbonyl (C=O) groups excluding carboxylic acids is 1. The number of rotatable bonds is 0. The van der Waals surface area contributed by atoms with E-state index in [9.17, 15) is 18.0 Å². The first kappa shape index (κ1) is 13.0. The van der Waals surface area contributed by atoms with E-state index < -0.39 is 12.1 Å². The molecule has 77 valence electrons. The molecule has 0 saturated heterocycles. The maximum atomic E-state index is 11.0. The fraction of sp³-hybridized carbons (Fsp3) is 0.125. The van der Waals surface area contributed by atoms with Crippen LogP contribution in [0.2, 0.25) is 0 Å². The first-order valence-electron chi connectivity index (χ1n) is 3.39. The standard InChI is InChI=1S/C6H6.C2F3O2Se/c1-2-4-6-5-3-1;3-2(4,5)1(6)7-8/h1-6H;. The summed E-state index contributed by atoms with van der Waals surface area (Å²) in [7, 11) is 0. The van der Waals surface area contributed by atoms with Crippen LogP contribution in [0.5, 0.6) is 0 Å². The van der Waals surface area contributed by atoms with Gasteiger partial charge in [-0.25, -0.2) is 0 Å². The van der Waals surface area contributed by atoms with E-state index in [0.717, 1.165) is 0 Å². The van der Waals surface area contributed by atoms with Crippen LogP contribution in [0, 0.1) is 0 Å². The molecule has 1 rings (SSSR count). The molecule has 0 bridgehead atoms. The summed E-state index contributed by atoms with van der Waals surface area (Å²) in [5, 5.41) is 0. The molecular formula is C8H6F3O2Se. The average Bonchev–Trinajstić information content (AvgIpc) is 2.19. The summed E-state index contributed by atoms with van der Waals surface area (Å²) in [5.41, 5.74) is 0. The summed E-state index contributed by atoms with van der Waals surface area (Å²) in [6.07, 6.45) is -4.88. The Morgan fingerprint density at radius 1 is 1.00 bits per heavy atom. The Kier molecular flexibility index (Phi) is 5.99. The third-order valence-electron chi connectivity index (χ3n) is 0.974. The number of halogens is 3. The zero-order valence-electron chi connectivity index (χ0n) is 6.82. The molecule has 0 amide bonds. The van der Waals surface area contributed by atoms with Gasteiger partial charge in [-0.15, -0.1) is 0 Å². The summed E-state index contributed by atoms with van der Waals surface area (Å²) in [4.78, 5) is 9.45. The van der Waals surface area contributed by atoms with Crippen LogP contribution >= 0.6 is 0 Å². The summed E-state index contributed by atoms with van der Waals surface area (Å²) in [6, 6.07) is 12.0. The molecule has 1 aromatic rings. The molecule has 1 aromatic carbocycles. The van der Waals surface area contributed by atoms with E-state index in [1.807, 2.05) is 36.4 Å². The first-order valence-corrected chi connectivity index (χ1v) is 4.09. The quantitative estimate of drug-likeness (QED) is 0.673. The second-order valence-electron chi connectivity index (χ2n) is 2.02. The van der Waals surface area contributed by atoms with Gasteiger partial charge >= 0.3 is 50.3 Å². The van der Waals surface area contributed by atoms with Crippen molar-refractivity contribution in [3.63, 3.8) is 0 Å². The van der Waals surface area contributed by atoms with Crippen LogP contribution in [0.4, 0.5) is 13.2 Å². The van der Waals surface area contributed by atoms with Crippen LogP contribution in [0.25, 0.3) is 0 Å². The van der Waals surface area contributed by atoms with Crippen molar-refractivity contribution in [1.82, 2.24) is 0 Å². The van der Waals surface area contributed by atoms with Gasteiger partial charge in [-0.1, -0.05) is 36.4 Å². The first-order chi connectivity index (χ1) is 6.48. The largest absolute Gasteiger partial charge is 0.0623 e. The number of benzene rings is 1. The molecule has 0 spiro atoms. The molecule has 0 fully saturated rings. The Bertz CT molecular complexity index is 234. The maximum absolute atomic E-state index is 11.0. The van der Waals surface area contributed by atoms with E-state index in [2.05, 4.69) is 3.82 Å². The van der Waals surface area contributed by atoms with Gasteiger partial charge < -0.3 is 0 Å². The van der Waals surface area contributed by atoms with Crippen LogP contribution in [0.3, 0.4) is 0 Å². The summed E-state index contributed by atoms with van der Waals surface area (Å²) < 4.78 is 36.1. The smallest absolute Gasteiger partial charge is 0.0623 e. The van der Waals surface area contributed by atoms with Crippen molar-refractivity contribution in [3.8, 4) is 0 Å². The topological polar surface area (TPSA) is 26.3 Å². The molecular weight excluding hydrogens is 264 g/mol. The Labute approximate surface area is 87.2 Å². The van der Waals surface area contributed by atoms with E-state index in [-0.39, 0.29) is 0 Å². The van der Waals surface area contributed by atoms with Crippen molar-refractivity contribution in [2.45, 2.75) is 6.18 Å². The van der Waals surface area contributed by atoms with E-state index in [1.165, 1.54) is 16.3 Å². The zero-order valence-corrected chi connectivity index (χ0v) is 8.54. The average molecular weight is 270 g/mol. The summed E-state index contributed by atoms with van der Waals surface area (Å²) >= 11 is 1.48. The van der Waals surface area contributed by atoms with Crippen LogP contribution in [-0.4, -0.2) is 28.5 Å². The van der Waals surface area contributed by atoms with Gasteiger partial charge in [0.05, 0.1) is 0 Å². The van der Waals surface area contributed by atoms with Gasteiger partial charge in [-0.3, -0.25) is 0 Å². The molecule has 0 atom stereocenters. The number of hydrogen-bond acceptors (Lipinski definition) is 2. The molecule has 6 heteroatoms. The second kappa shape index (κ2) is 6.45. The van der Waals surface area contributed by atoms with Gasteiger partial charge in [-0.05, 0) is 0 Å². The predicted molar refractivity (Wildman–Crippen MR) is 44.3 cm³/mol. The Balaban J connectivity index is 0.000000249. The fourth-order valence-corrected chi connectivity index (χ4v) is 0.630. The SMILES string of the molecule is O=C(O[Se])C(F)(F)F.c1ccccc1. The van der Waals surface area contributed by atoms with Crippen molar-refractivity contribution in [3.05, 3.63) is 36.4 Å². The van der Waals surface area contributed by atoms with Gasteiger partial charge in [0.15, 0.2) is 0 Å². The maximum Gasteiger partial charge on any atom is -0.0623 e. The third-order valence-corrected chi connectivity index (χ3v) is 1.29. The minimum absolute atomic E-state index is 1.48. The van der Waals surface area contributed by atoms with Crippen LogP contribution < -0.4 is 0 Å². The minimum Gasteiger partial charge on any atom is -0.0623 e. The van der Waals surface area contributed by atoms with Gasteiger partial charge in [0.1, 0.15) is 0 Å². The fourth-order valence-electron chi connectivity index (χ4n) is 0.432. The van der Waals surface area contributed by atoms with Gasteiger partial charge in [0.2, 0.25) is 0 Å². The van der Waals surface area contributed by atoms with Crippen molar-refractivity contribution in [2.24, 2.45) is 0 Å². The molecule has 0 aliphatic heterocycles. The minimum atomic E-state index is -4.88. The van der Waals surface area contributed by atoms with Crippen molar-refractivity contribution in [2.75, 3.05) is 0 Å². The normalized spacial score (nSPS) is 9.71. The molecule has 0 saturated carbocycles. The van der Waals surface area contributed by atoms with E-state index >= 15 is 0 Å². The van der Waals surface area contributed by atoms with Crippen LogP contribution in [0.15, 0.2) is 36.4 Å². The number of carbonyl (C=O) groups is 1. The van der Waals surface area contributed by atoms with Crippen LogP contribution in [0.1, 0.15) is 0 Å². The Morgan fingerprint density at radius 3 is 1.36 bits per heavy atom. The molecule has 1 radical (unpaired) electrons. The molecule has 0 N–H and O–H groups in total. The van der Waals surface area contributed by atoms with Gasteiger partial charge in [0, 0.05) is 0 Å². The molecule has 0 aliphatic rings. The second-order valence-corrected chi connectivity index (χ2v) is 2.37. The zero-order chi connectivity index (χ0) is 11.0. The Hall–Kier alpha value is -1.00. The van der Waals surface area contributed by atoms with E-state index in [4.69, 9.17) is 0 Å². The molecule has 2 nitrogen and oxygen atoms in total. The number of alkyl halides is 3. The summed E-state index contributed by atoms with van der Waals surface area (Å²) in [5.74, 6) is -2.22. The predicted octanol–water partition coefficient (Wildman–Crippen LogP) is 1.86. The van der Waals surface area contributed by atoms with Gasteiger partial charge in [-0.2, -0.15) is 0 Å².